The number of carbonyl (C=O) groups excluding carboxylic acids is 1. The molecule has 0 aliphatic heterocycles. The van der Waals surface area contributed by atoms with E-state index in [9.17, 15) is 4.79 Å². The van der Waals surface area contributed by atoms with Gasteiger partial charge in [-0.25, -0.2) is 0 Å². The molecule has 0 aliphatic carbocycles. The third kappa shape index (κ3) is 7.66. The summed E-state index contributed by atoms with van der Waals surface area (Å²) in [6.45, 7) is 3.49. The summed E-state index contributed by atoms with van der Waals surface area (Å²) >= 11 is 5.67. The minimum Gasteiger partial charge on any atom is -0.446 e. The topological polar surface area (TPSA) is 26.3 Å². The Morgan fingerprint density at radius 1 is 1.55 bits per heavy atom. The van der Waals surface area contributed by atoms with Crippen LogP contribution in [0.2, 0.25) is 0 Å². The molecule has 0 aromatic rings. The zero-order valence-electron chi connectivity index (χ0n) is 7.10. The van der Waals surface area contributed by atoms with E-state index in [2.05, 4.69) is 6.92 Å². The van der Waals surface area contributed by atoms with Gasteiger partial charge in [0.1, 0.15) is 0 Å². The smallest absolute Gasteiger partial charge is 0.304 e. The molecule has 0 radical (unpaired) electrons. The maximum absolute atomic E-state index is 10.4. The number of ether oxygens (including phenoxy) is 1. The highest BCUT2D eigenvalue weighted by Crippen LogP contribution is 2.10. The maximum Gasteiger partial charge on any atom is 0.304 e. The number of unbranched alkanes of at least 4 members (excludes halogenated alkanes) is 2. The molecule has 66 valence electrons. The lowest BCUT2D eigenvalue weighted by atomic mass is 10.2. The average molecular weight is 179 g/mol. The second-order valence-electron chi connectivity index (χ2n) is 2.52. The van der Waals surface area contributed by atoms with Crippen LogP contribution in [0.1, 0.15) is 39.5 Å². The Balaban J connectivity index is 3.22. The molecule has 0 unspecified atom stereocenters. The molecule has 0 bridgehead atoms. The van der Waals surface area contributed by atoms with Crippen LogP contribution in [0.25, 0.3) is 0 Å². The molecule has 0 saturated carbocycles. The van der Waals surface area contributed by atoms with Gasteiger partial charge in [-0.1, -0.05) is 31.4 Å². The van der Waals surface area contributed by atoms with Crippen LogP contribution in [0.3, 0.4) is 0 Å². The summed E-state index contributed by atoms with van der Waals surface area (Å²) in [5.74, 6) is -0.304. The summed E-state index contributed by atoms with van der Waals surface area (Å²) in [7, 11) is 0. The molecule has 0 aromatic carbocycles. The van der Waals surface area contributed by atoms with Gasteiger partial charge in [-0.3, -0.25) is 4.79 Å². The third-order valence-electron chi connectivity index (χ3n) is 1.33. The molecule has 0 N–H and O–H groups in total. The summed E-state index contributed by atoms with van der Waals surface area (Å²) in [6.07, 6.45) is 4.08. The Hall–Kier alpha value is -0.240. The standard InChI is InChI=1S/C8H15ClO2/c1-3-4-5-6-8(9)11-7(2)10/h8H,3-6H2,1-2H3/t8-/m0/s1. The van der Waals surface area contributed by atoms with E-state index in [0.29, 0.717) is 0 Å². The lowest BCUT2D eigenvalue weighted by Crippen LogP contribution is -2.08. The van der Waals surface area contributed by atoms with E-state index in [0.717, 1.165) is 25.7 Å². The lowest BCUT2D eigenvalue weighted by Gasteiger charge is -2.07. The molecule has 0 aromatic heterocycles. The number of esters is 1. The zero-order valence-corrected chi connectivity index (χ0v) is 7.86. The Kier molecular flexibility index (Phi) is 6.33. The Morgan fingerprint density at radius 2 is 2.18 bits per heavy atom. The van der Waals surface area contributed by atoms with E-state index in [1.165, 1.54) is 6.92 Å². The van der Waals surface area contributed by atoms with Crippen molar-refractivity contribution in [3.05, 3.63) is 0 Å². The van der Waals surface area contributed by atoms with E-state index >= 15 is 0 Å². The summed E-state index contributed by atoms with van der Waals surface area (Å²) in [5, 5.41) is 0. The molecule has 11 heavy (non-hydrogen) atoms. The van der Waals surface area contributed by atoms with Crippen molar-refractivity contribution in [1.29, 1.82) is 0 Å². The van der Waals surface area contributed by atoms with Gasteiger partial charge in [-0.2, -0.15) is 0 Å². The van der Waals surface area contributed by atoms with Gasteiger partial charge in [-0.15, -0.1) is 0 Å². The first-order chi connectivity index (χ1) is 5.16. The van der Waals surface area contributed by atoms with Gasteiger partial charge in [0, 0.05) is 6.92 Å². The van der Waals surface area contributed by atoms with Crippen LogP contribution in [0.4, 0.5) is 0 Å². The van der Waals surface area contributed by atoms with Crippen molar-refractivity contribution in [3.8, 4) is 0 Å². The molecule has 0 spiro atoms. The van der Waals surface area contributed by atoms with E-state index in [-0.39, 0.29) is 5.97 Å². The molecule has 0 rings (SSSR count). The van der Waals surface area contributed by atoms with Crippen LogP contribution < -0.4 is 0 Å². The predicted molar refractivity (Wildman–Crippen MR) is 45.5 cm³/mol. The molecule has 0 heterocycles. The van der Waals surface area contributed by atoms with Crippen LogP contribution >= 0.6 is 11.6 Å². The van der Waals surface area contributed by atoms with Crippen molar-refractivity contribution in [2.24, 2.45) is 0 Å². The molecule has 0 aliphatic rings. The summed E-state index contributed by atoms with van der Waals surface area (Å²) < 4.78 is 4.72. The van der Waals surface area contributed by atoms with Gasteiger partial charge in [0.2, 0.25) is 0 Å². The Morgan fingerprint density at radius 3 is 2.64 bits per heavy atom. The Labute approximate surface area is 72.9 Å². The first-order valence-electron chi connectivity index (χ1n) is 3.98. The highest BCUT2D eigenvalue weighted by molar-refractivity contribution is 6.20. The number of carbonyl (C=O) groups is 1. The third-order valence-corrected chi connectivity index (χ3v) is 1.64. The number of alkyl halides is 1. The minimum absolute atomic E-state index is 0.304. The number of halogens is 1. The molecule has 0 amide bonds. The highest BCUT2D eigenvalue weighted by Gasteiger charge is 2.05. The second kappa shape index (κ2) is 6.47. The van der Waals surface area contributed by atoms with E-state index in [1.807, 2.05) is 0 Å². The van der Waals surface area contributed by atoms with Gasteiger partial charge in [-0.05, 0) is 12.8 Å². The fourth-order valence-electron chi connectivity index (χ4n) is 0.794. The monoisotopic (exact) mass is 178 g/mol. The van der Waals surface area contributed by atoms with Crippen LogP contribution in [0, 0.1) is 0 Å². The van der Waals surface area contributed by atoms with Gasteiger partial charge >= 0.3 is 5.97 Å². The maximum atomic E-state index is 10.4. The van der Waals surface area contributed by atoms with Crippen LogP contribution in [0.5, 0.6) is 0 Å². The molecular formula is C8H15ClO2. The summed E-state index contributed by atoms with van der Waals surface area (Å²) in [5.41, 5.74) is -0.431. The summed E-state index contributed by atoms with van der Waals surface area (Å²) in [4.78, 5) is 10.4. The van der Waals surface area contributed by atoms with Gasteiger partial charge < -0.3 is 4.74 Å². The van der Waals surface area contributed by atoms with Crippen LogP contribution in [-0.2, 0) is 9.53 Å². The molecule has 0 fully saturated rings. The molecule has 3 heteroatoms. The molecule has 0 saturated heterocycles. The first-order valence-corrected chi connectivity index (χ1v) is 4.41. The number of hydrogen-bond acceptors (Lipinski definition) is 2. The predicted octanol–water partition coefficient (Wildman–Crippen LogP) is 2.69. The Bertz CT molecular complexity index is 115. The van der Waals surface area contributed by atoms with Crippen molar-refractivity contribution in [3.63, 3.8) is 0 Å². The van der Waals surface area contributed by atoms with Gasteiger partial charge in [0.15, 0.2) is 5.56 Å². The fourth-order valence-corrected chi connectivity index (χ4v) is 1.07. The second-order valence-corrected chi connectivity index (χ2v) is 3.00. The van der Waals surface area contributed by atoms with Crippen molar-refractivity contribution in [1.82, 2.24) is 0 Å². The van der Waals surface area contributed by atoms with Crippen molar-refractivity contribution >= 4 is 17.6 Å². The van der Waals surface area contributed by atoms with Crippen molar-refractivity contribution < 1.29 is 9.53 Å². The van der Waals surface area contributed by atoms with E-state index < -0.39 is 5.56 Å². The molecule has 1 atom stereocenters. The van der Waals surface area contributed by atoms with E-state index in [1.54, 1.807) is 0 Å². The minimum atomic E-state index is -0.431. The lowest BCUT2D eigenvalue weighted by molar-refractivity contribution is -0.142. The van der Waals surface area contributed by atoms with Crippen molar-refractivity contribution in [2.75, 3.05) is 0 Å². The SMILES string of the molecule is CCCCC[C@@H](Cl)OC(C)=O. The normalized spacial score (nSPS) is 12.6. The zero-order chi connectivity index (χ0) is 8.69. The average Bonchev–Trinajstić information content (AvgIpc) is 1.86. The largest absolute Gasteiger partial charge is 0.446 e. The molecule has 2 nitrogen and oxygen atoms in total. The first kappa shape index (κ1) is 10.8. The summed E-state index contributed by atoms with van der Waals surface area (Å²) in [6, 6.07) is 0. The van der Waals surface area contributed by atoms with Crippen molar-refractivity contribution in [2.45, 2.75) is 45.1 Å². The quantitative estimate of drug-likeness (QED) is 0.368. The van der Waals surface area contributed by atoms with Crippen LogP contribution in [0.15, 0.2) is 0 Å². The fraction of sp³-hybridized carbons (Fsp3) is 0.875. The van der Waals surface area contributed by atoms with E-state index in [4.69, 9.17) is 16.3 Å². The number of rotatable bonds is 5. The molecular weight excluding hydrogens is 164 g/mol. The highest BCUT2D eigenvalue weighted by atomic mass is 35.5. The van der Waals surface area contributed by atoms with Gasteiger partial charge in [0.25, 0.3) is 0 Å². The van der Waals surface area contributed by atoms with Gasteiger partial charge in [0.05, 0.1) is 0 Å². The number of hydrogen-bond donors (Lipinski definition) is 0. The van der Waals surface area contributed by atoms with Crippen LogP contribution in [-0.4, -0.2) is 11.5 Å².